The van der Waals surface area contributed by atoms with Gasteiger partial charge in [0, 0.05) is 19.0 Å². The average Bonchev–Trinajstić information content (AvgIpc) is 3.52. The van der Waals surface area contributed by atoms with Crippen molar-refractivity contribution in [3.8, 4) is 0 Å². The van der Waals surface area contributed by atoms with Crippen LogP contribution < -0.4 is 11.4 Å². The molecule has 370 valence electrons. The van der Waals surface area contributed by atoms with E-state index in [4.69, 9.17) is 29.0 Å². The zero-order chi connectivity index (χ0) is 48.1. The van der Waals surface area contributed by atoms with E-state index in [1.165, 1.54) is 12.5 Å². The van der Waals surface area contributed by atoms with Crippen molar-refractivity contribution >= 4 is 33.4 Å². The lowest BCUT2D eigenvalue weighted by molar-refractivity contribution is -0.161. The normalized spacial score (nSPS) is 20.8. The van der Waals surface area contributed by atoms with Crippen LogP contribution in [-0.2, 0) is 46.3 Å². The van der Waals surface area contributed by atoms with Crippen LogP contribution in [0.5, 0.6) is 0 Å². The van der Waals surface area contributed by atoms with E-state index in [0.717, 1.165) is 75.0 Å². The molecule has 0 aliphatic carbocycles. The van der Waals surface area contributed by atoms with Gasteiger partial charge >= 0.3 is 33.3 Å². The molecule has 1 saturated heterocycles. The molecule has 19 nitrogen and oxygen atoms in total. The molecule has 2 rings (SSSR count). The SMILES string of the molecule is CCCCC[C@H](O)/C=C/C=C\C/C=C\C/C=C\CCCC(=O)O[C@H](COC(=O)CCCCCCCCC(C)C)COP(=O)(O)OP(=O)(O)OC[C@H]1O[C@@H](n2ccc(N)nc2=O)[C@H](O)[C@@H]1O. The predicted octanol–water partition coefficient (Wildman–Crippen LogP) is 7.04. The molecule has 8 atom stereocenters. The monoisotopic (exact) mass is 961 g/mol. The number of allylic oxidation sites excluding steroid dienone is 7. The van der Waals surface area contributed by atoms with E-state index in [-0.39, 0.29) is 18.7 Å². The number of esters is 2. The third kappa shape index (κ3) is 26.6. The van der Waals surface area contributed by atoms with Gasteiger partial charge in [-0.1, -0.05) is 127 Å². The first-order valence-corrected chi connectivity index (χ1v) is 25.6. The van der Waals surface area contributed by atoms with Crippen LogP contribution in [0.15, 0.2) is 65.7 Å². The number of aliphatic hydroxyl groups excluding tert-OH is 3. The molecular formula is C44H73N3O16P2. The summed E-state index contributed by atoms with van der Waals surface area (Å²) >= 11 is 0. The van der Waals surface area contributed by atoms with E-state index >= 15 is 0 Å². The molecule has 1 aromatic heterocycles. The number of ether oxygens (including phenoxy) is 3. The molecule has 0 bridgehead atoms. The number of nitrogens with two attached hydrogens (primary N) is 1. The lowest BCUT2D eigenvalue weighted by Gasteiger charge is -2.21. The van der Waals surface area contributed by atoms with Gasteiger partial charge in [-0.05, 0) is 50.5 Å². The fourth-order valence-electron chi connectivity index (χ4n) is 6.36. The minimum atomic E-state index is -5.44. The Morgan fingerprint density at radius 3 is 2.20 bits per heavy atom. The van der Waals surface area contributed by atoms with Crippen molar-refractivity contribution in [3.05, 3.63) is 71.4 Å². The van der Waals surface area contributed by atoms with Crippen molar-refractivity contribution in [2.75, 3.05) is 25.6 Å². The Bertz CT molecular complexity index is 1800. The maximum absolute atomic E-state index is 12.8. The summed E-state index contributed by atoms with van der Waals surface area (Å²) in [6, 6.07) is 1.24. The molecule has 1 fully saturated rings. The summed E-state index contributed by atoms with van der Waals surface area (Å²) in [6.45, 7) is 4.12. The molecule has 0 radical (unpaired) electrons. The van der Waals surface area contributed by atoms with Crippen LogP contribution in [0.3, 0.4) is 0 Å². The zero-order valence-electron chi connectivity index (χ0n) is 38.1. The summed E-state index contributed by atoms with van der Waals surface area (Å²) in [5, 5.41) is 30.8. The van der Waals surface area contributed by atoms with Crippen LogP contribution in [0.1, 0.15) is 136 Å². The number of hydrogen-bond donors (Lipinski definition) is 6. The van der Waals surface area contributed by atoms with Crippen LogP contribution in [-0.4, -0.2) is 96.9 Å². The number of unbranched alkanes of at least 4 members (excludes halogenated alkanes) is 8. The number of phosphoric ester groups is 2. The second-order valence-corrected chi connectivity index (χ2v) is 19.3. The zero-order valence-corrected chi connectivity index (χ0v) is 39.8. The Morgan fingerprint density at radius 2 is 1.49 bits per heavy atom. The van der Waals surface area contributed by atoms with E-state index < -0.39 is 89.8 Å². The number of nitrogen functional groups attached to an aromatic ring is 1. The van der Waals surface area contributed by atoms with Crippen molar-refractivity contribution < 1.29 is 71.4 Å². The number of carbonyl (C=O) groups excluding carboxylic acids is 2. The largest absolute Gasteiger partial charge is 0.481 e. The molecule has 65 heavy (non-hydrogen) atoms. The minimum absolute atomic E-state index is 0.0471. The van der Waals surface area contributed by atoms with Gasteiger partial charge < -0.3 is 45.1 Å². The Labute approximate surface area is 382 Å². The fourth-order valence-corrected chi connectivity index (χ4v) is 8.47. The Hall–Kier alpha value is -3.32. The number of aliphatic hydroxyl groups is 3. The van der Waals surface area contributed by atoms with E-state index in [2.05, 4.69) is 30.1 Å². The van der Waals surface area contributed by atoms with Gasteiger partial charge in [0.15, 0.2) is 12.3 Å². The molecule has 21 heteroatoms. The molecule has 0 saturated carbocycles. The van der Waals surface area contributed by atoms with E-state index in [0.29, 0.717) is 31.6 Å². The number of phosphoric acid groups is 2. The van der Waals surface area contributed by atoms with Gasteiger partial charge in [-0.15, -0.1) is 0 Å². The van der Waals surface area contributed by atoms with Crippen LogP contribution in [0, 0.1) is 5.92 Å². The number of aromatic nitrogens is 2. The van der Waals surface area contributed by atoms with Gasteiger partial charge in [0.05, 0.1) is 19.3 Å². The van der Waals surface area contributed by atoms with Gasteiger partial charge in [0.1, 0.15) is 30.7 Å². The highest BCUT2D eigenvalue weighted by Crippen LogP contribution is 2.60. The van der Waals surface area contributed by atoms with Gasteiger partial charge in [0.25, 0.3) is 0 Å². The average molecular weight is 962 g/mol. The standard InChI is InChI=1S/C44H73N3O16P2/c1-4-5-19-25-35(48)26-21-16-11-9-7-6-8-10-12-18-23-28-40(50)61-36(31-58-39(49)27-22-17-14-13-15-20-24-34(2)3)32-59-64(54,55)63-65(56,57)60-33-37-41(51)42(52)43(62-37)47-30-29-38(45)46-44(47)53/h6-7,10-12,16,21,26,29-30,34-37,41-43,48,51-52H,4-5,8-9,13-15,17-20,22-25,27-28,31-33H2,1-3H3,(H,54,55)(H,56,57)(H2,45,46,53)/b7-6-,12-10-,16-11-,26-21+/t35-,36+,37+,41+,42+,43+/m0/s1. The number of hydrogen-bond acceptors (Lipinski definition) is 16. The predicted molar refractivity (Wildman–Crippen MR) is 244 cm³/mol. The molecular weight excluding hydrogens is 888 g/mol. The maximum Gasteiger partial charge on any atom is 0.481 e. The molecule has 0 aromatic carbocycles. The van der Waals surface area contributed by atoms with E-state index in [9.17, 15) is 48.6 Å². The first-order chi connectivity index (χ1) is 30.9. The smallest absolute Gasteiger partial charge is 0.462 e. The van der Waals surface area contributed by atoms with Crippen molar-refractivity contribution in [2.24, 2.45) is 5.92 Å². The summed E-state index contributed by atoms with van der Waals surface area (Å²) in [6.07, 6.45) is 21.6. The third-order valence-electron chi connectivity index (χ3n) is 9.95. The van der Waals surface area contributed by atoms with Crippen LogP contribution in [0.25, 0.3) is 0 Å². The van der Waals surface area contributed by atoms with Crippen molar-refractivity contribution in [3.63, 3.8) is 0 Å². The van der Waals surface area contributed by atoms with Crippen molar-refractivity contribution in [1.82, 2.24) is 9.55 Å². The Morgan fingerprint density at radius 1 is 0.846 bits per heavy atom. The van der Waals surface area contributed by atoms with Crippen LogP contribution >= 0.6 is 15.6 Å². The quantitative estimate of drug-likeness (QED) is 0.0131. The van der Waals surface area contributed by atoms with Gasteiger partial charge in [-0.2, -0.15) is 9.29 Å². The lowest BCUT2D eigenvalue weighted by Crippen LogP contribution is -2.36. The highest BCUT2D eigenvalue weighted by molar-refractivity contribution is 7.61. The summed E-state index contributed by atoms with van der Waals surface area (Å²) in [4.78, 5) is 61.5. The summed E-state index contributed by atoms with van der Waals surface area (Å²) in [5.74, 6) is -0.742. The Kier molecular flexibility index (Phi) is 28.8. The van der Waals surface area contributed by atoms with Crippen LogP contribution in [0.4, 0.5) is 5.82 Å². The van der Waals surface area contributed by atoms with Gasteiger partial charge in [-0.25, -0.2) is 13.9 Å². The van der Waals surface area contributed by atoms with Crippen molar-refractivity contribution in [1.29, 1.82) is 0 Å². The van der Waals surface area contributed by atoms with Gasteiger partial charge in [0.2, 0.25) is 0 Å². The van der Waals surface area contributed by atoms with E-state index in [1.54, 1.807) is 6.08 Å². The molecule has 0 amide bonds. The fraction of sp³-hybridized carbons (Fsp3) is 0.682. The molecule has 2 heterocycles. The molecule has 1 aliphatic heterocycles. The first kappa shape index (κ1) is 57.8. The first-order valence-electron chi connectivity index (χ1n) is 22.6. The minimum Gasteiger partial charge on any atom is -0.462 e. The molecule has 0 spiro atoms. The summed E-state index contributed by atoms with van der Waals surface area (Å²) in [7, 11) is -10.9. The van der Waals surface area contributed by atoms with Crippen LogP contribution in [0.2, 0.25) is 0 Å². The molecule has 1 aromatic rings. The number of anilines is 1. The number of nitrogens with zero attached hydrogens (tertiary/aromatic N) is 2. The lowest BCUT2D eigenvalue weighted by atomic mass is 10.0. The van der Waals surface area contributed by atoms with Gasteiger partial charge in [-0.3, -0.25) is 23.2 Å². The number of rotatable bonds is 35. The number of carbonyl (C=O) groups is 2. The second-order valence-electron chi connectivity index (χ2n) is 16.2. The summed E-state index contributed by atoms with van der Waals surface area (Å²) < 4.78 is 56.4. The van der Waals surface area contributed by atoms with Crippen molar-refractivity contribution in [2.45, 2.75) is 167 Å². The summed E-state index contributed by atoms with van der Waals surface area (Å²) in [5.41, 5.74) is 4.56. The molecule has 2 unspecified atom stereocenters. The third-order valence-corrected chi connectivity index (χ3v) is 12.6. The molecule has 1 aliphatic rings. The topological polar surface area (TPSA) is 286 Å². The Balaban J connectivity index is 1.87. The highest BCUT2D eigenvalue weighted by Gasteiger charge is 2.46. The highest BCUT2D eigenvalue weighted by atomic mass is 31.3. The maximum atomic E-state index is 12.8. The second kappa shape index (κ2) is 32.4. The molecule has 7 N–H and O–H groups in total. The van der Waals surface area contributed by atoms with E-state index in [1.807, 2.05) is 42.5 Å².